The lowest BCUT2D eigenvalue weighted by atomic mass is 9.72. The van der Waals surface area contributed by atoms with Crippen LogP contribution in [-0.2, 0) is 19.5 Å². The molecule has 19 heteroatoms. The van der Waals surface area contributed by atoms with E-state index >= 15 is 4.39 Å². The van der Waals surface area contributed by atoms with Gasteiger partial charge in [-0.15, -0.1) is 0 Å². The number of rotatable bonds is 14. The second-order valence-corrected chi connectivity index (χ2v) is 20.3. The molecule has 1 amide bonds. The Morgan fingerprint density at radius 3 is 2.51 bits per heavy atom. The minimum atomic E-state index is -4.66. The summed E-state index contributed by atoms with van der Waals surface area (Å²) in [5, 5.41) is 16.5. The van der Waals surface area contributed by atoms with Gasteiger partial charge in [0.05, 0.1) is 34.2 Å². The number of amides is 1. The SMILES string of the molecule is COCC1(C)CCC(c2ccc(Cl)cc2)=C(CN2CCN(c3ccc(C(=O)NS(=O)(=O)c4ccc(NCC5(F)CCOCC5)c([N+](=O)[O-])c4)c(N4CCOc5nc6[nH]ccc6cc54)c3)CC2)C1. The van der Waals surface area contributed by atoms with Crippen LogP contribution in [-0.4, -0.2) is 119 Å². The topological polar surface area (TPSA) is 185 Å². The lowest BCUT2D eigenvalue weighted by molar-refractivity contribution is -0.384. The van der Waals surface area contributed by atoms with Gasteiger partial charge in [0, 0.05) is 101 Å². The number of alkyl halides is 1. The Hall–Kier alpha value is -5.79. The van der Waals surface area contributed by atoms with Gasteiger partial charge < -0.3 is 34.3 Å². The number of piperazine rings is 1. The number of ether oxygens (including phenoxy) is 3. The molecule has 16 nitrogen and oxygen atoms in total. The molecule has 5 aromatic rings. The minimum Gasteiger partial charge on any atom is -0.474 e. The smallest absolute Gasteiger partial charge is 0.293 e. The fraction of sp³-hybridized carbons (Fsp3) is 0.417. The van der Waals surface area contributed by atoms with Crippen molar-refractivity contribution in [1.29, 1.82) is 0 Å². The van der Waals surface area contributed by atoms with Gasteiger partial charge in [0.1, 0.15) is 29.3 Å². The number of halogens is 2. The summed E-state index contributed by atoms with van der Waals surface area (Å²) in [7, 11) is -2.89. The maximum Gasteiger partial charge on any atom is 0.293 e. The molecule has 0 radical (unpaired) electrons. The fourth-order valence-electron chi connectivity index (χ4n) is 9.74. The Labute approximate surface area is 393 Å². The molecule has 2 fully saturated rings. The summed E-state index contributed by atoms with van der Waals surface area (Å²) >= 11 is 6.27. The van der Waals surface area contributed by atoms with Gasteiger partial charge in [-0.1, -0.05) is 36.2 Å². The number of benzene rings is 3. The number of nitrogens with one attached hydrogen (secondary N) is 3. The summed E-state index contributed by atoms with van der Waals surface area (Å²) in [4.78, 5) is 39.7. The molecule has 3 aromatic carbocycles. The van der Waals surface area contributed by atoms with Crippen molar-refractivity contribution in [2.24, 2.45) is 5.41 Å². The number of carbonyl (C=O) groups excluding carboxylic acids is 1. The highest BCUT2D eigenvalue weighted by Gasteiger charge is 2.36. The van der Waals surface area contributed by atoms with Gasteiger partial charge in [0.25, 0.3) is 21.6 Å². The van der Waals surface area contributed by atoms with Crippen LogP contribution in [0.2, 0.25) is 5.02 Å². The molecule has 0 bridgehead atoms. The summed E-state index contributed by atoms with van der Waals surface area (Å²) in [5.41, 5.74) is 4.33. The molecule has 1 aliphatic carbocycles. The number of aromatic nitrogens is 2. The van der Waals surface area contributed by atoms with E-state index in [1.165, 1.54) is 22.8 Å². The largest absolute Gasteiger partial charge is 0.474 e. The van der Waals surface area contributed by atoms with E-state index < -0.39 is 37.1 Å². The van der Waals surface area contributed by atoms with E-state index in [2.05, 4.69) is 48.9 Å². The van der Waals surface area contributed by atoms with Crippen LogP contribution < -0.4 is 24.6 Å². The third-order valence-corrected chi connectivity index (χ3v) is 15.0. The first-order chi connectivity index (χ1) is 32.2. The molecule has 3 aliphatic heterocycles. The average molecular weight is 958 g/mol. The fourth-order valence-corrected chi connectivity index (χ4v) is 10.9. The number of methoxy groups -OCH3 is 1. The van der Waals surface area contributed by atoms with E-state index in [1.807, 2.05) is 41.3 Å². The molecule has 9 rings (SSSR count). The van der Waals surface area contributed by atoms with Crippen molar-refractivity contribution in [2.45, 2.75) is 49.6 Å². The highest BCUT2D eigenvalue weighted by molar-refractivity contribution is 7.90. The summed E-state index contributed by atoms with van der Waals surface area (Å²) in [5.74, 6) is -0.580. The van der Waals surface area contributed by atoms with Crippen LogP contribution in [0.25, 0.3) is 16.6 Å². The predicted molar refractivity (Wildman–Crippen MR) is 256 cm³/mol. The zero-order valence-electron chi connectivity index (χ0n) is 37.5. The number of nitro groups is 1. The Bertz CT molecular complexity index is 2810. The van der Waals surface area contributed by atoms with Gasteiger partial charge >= 0.3 is 0 Å². The normalized spacial score (nSPS) is 20.1. The van der Waals surface area contributed by atoms with Crippen molar-refractivity contribution in [3.63, 3.8) is 0 Å². The van der Waals surface area contributed by atoms with Gasteiger partial charge in [-0.05, 0) is 90.4 Å². The van der Waals surface area contributed by atoms with Crippen molar-refractivity contribution in [1.82, 2.24) is 19.6 Å². The van der Waals surface area contributed by atoms with Crippen LogP contribution in [0.3, 0.4) is 0 Å². The molecular formula is C48H54ClFN8O8S. The quantitative estimate of drug-likeness (QED) is 0.0717. The van der Waals surface area contributed by atoms with Crippen LogP contribution in [0.5, 0.6) is 5.88 Å². The molecule has 0 saturated carbocycles. The molecule has 4 aliphatic rings. The number of sulfonamides is 1. The molecule has 5 heterocycles. The number of hydrogen-bond acceptors (Lipinski definition) is 13. The maximum atomic E-state index is 15.3. The van der Waals surface area contributed by atoms with E-state index in [-0.39, 0.29) is 55.9 Å². The van der Waals surface area contributed by atoms with Crippen molar-refractivity contribution in [2.75, 3.05) is 94.5 Å². The van der Waals surface area contributed by atoms with Gasteiger partial charge in [-0.2, -0.15) is 4.98 Å². The molecule has 354 valence electrons. The molecule has 1 unspecified atom stereocenters. The van der Waals surface area contributed by atoms with E-state index in [0.717, 1.165) is 62.1 Å². The number of allylic oxidation sites excluding steroid dienone is 1. The number of fused-ring (bicyclic) bond motifs is 2. The summed E-state index contributed by atoms with van der Waals surface area (Å²) in [6, 6.07) is 20.4. The standard InChI is InChI=1S/C48H54ClFN8O8S/c1-47(31-64-2)13-11-38(32-3-5-35(49)6-4-32)34(28-47)29-55-17-19-56(20-18-55)36-7-9-39(41(26-36)57-21-24-66-46-43(57)25-33-12-16-51-44(33)53-46)45(59)54-67(62,63)37-8-10-40(42(27-37)58(60)61)52-30-48(50)14-22-65-23-15-48/h3-10,12,16,25-27,52H,11,13-15,17-24,28-31H2,1-2H3,(H,51,53)(H,54,59). The lowest BCUT2D eigenvalue weighted by Gasteiger charge is -2.41. The number of nitro benzene ring substituents is 1. The number of carbonyl (C=O) groups is 1. The van der Waals surface area contributed by atoms with Crippen LogP contribution in [0.15, 0.2) is 89.5 Å². The number of nitrogens with zero attached hydrogens (tertiary/aromatic N) is 5. The van der Waals surface area contributed by atoms with Gasteiger partial charge in [0.2, 0.25) is 5.88 Å². The highest BCUT2D eigenvalue weighted by Crippen LogP contribution is 2.44. The number of anilines is 4. The first kappa shape index (κ1) is 46.3. The van der Waals surface area contributed by atoms with Crippen LogP contribution in [0.1, 0.15) is 54.9 Å². The van der Waals surface area contributed by atoms with Crippen molar-refractivity contribution >= 4 is 72.6 Å². The summed E-state index contributed by atoms with van der Waals surface area (Å²) < 4.78 is 62.2. The number of aromatic amines is 1. The Morgan fingerprint density at radius 1 is 0.985 bits per heavy atom. The highest BCUT2D eigenvalue weighted by atomic mass is 35.5. The van der Waals surface area contributed by atoms with Crippen molar-refractivity contribution in [3.8, 4) is 5.88 Å². The first-order valence-corrected chi connectivity index (χ1v) is 24.4. The zero-order valence-corrected chi connectivity index (χ0v) is 39.1. The van der Waals surface area contributed by atoms with Crippen LogP contribution in [0, 0.1) is 15.5 Å². The molecular weight excluding hydrogens is 903 g/mol. The Morgan fingerprint density at radius 2 is 1.76 bits per heavy atom. The molecule has 0 spiro atoms. The molecule has 67 heavy (non-hydrogen) atoms. The van der Waals surface area contributed by atoms with E-state index in [4.69, 9.17) is 25.8 Å². The third-order valence-electron chi connectivity index (χ3n) is 13.4. The van der Waals surface area contributed by atoms with Crippen molar-refractivity contribution < 1.29 is 36.7 Å². The minimum absolute atomic E-state index is 0.0397. The maximum absolute atomic E-state index is 15.3. The Balaban J connectivity index is 0.977. The Kier molecular flexibility index (Phi) is 13.2. The van der Waals surface area contributed by atoms with E-state index in [0.29, 0.717) is 54.2 Å². The predicted octanol–water partition coefficient (Wildman–Crippen LogP) is 8.12. The molecule has 1 atom stereocenters. The van der Waals surface area contributed by atoms with Gasteiger partial charge in [-0.3, -0.25) is 19.8 Å². The van der Waals surface area contributed by atoms with Crippen LogP contribution in [0.4, 0.5) is 32.8 Å². The molecule has 3 N–H and O–H groups in total. The monoisotopic (exact) mass is 956 g/mol. The van der Waals surface area contributed by atoms with E-state index in [9.17, 15) is 23.3 Å². The molecule has 2 saturated heterocycles. The molecule has 2 aromatic heterocycles. The second-order valence-electron chi connectivity index (χ2n) is 18.2. The summed E-state index contributed by atoms with van der Waals surface area (Å²) in [6.07, 6.45) is 4.94. The van der Waals surface area contributed by atoms with E-state index in [1.54, 1.807) is 19.4 Å². The van der Waals surface area contributed by atoms with Crippen molar-refractivity contribution in [3.05, 3.63) is 111 Å². The first-order valence-electron chi connectivity index (χ1n) is 22.5. The average Bonchev–Trinajstić information content (AvgIpc) is 3.78. The number of pyridine rings is 1. The zero-order chi connectivity index (χ0) is 46.9. The number of hydrogen-bond donors (Lipinski definition) is 3. The summed E-state index contributed by atoms with van der Waals surface area (Å²) in [6.45, 7) is 7.60. The van der Waals surface area contributed by atoms with Crippen LogP contribution >= 0.6 is 11.6 Å². The lowest BCUT2D eigenvalue weighted by Crippen LogP contribution is -2.47. The third kappa shape index (κ3) is 10.1. The number of H-pyrrole nitrogens is 1. The van der Waals surface area contributed by atoms with Gasteiger partial charge in [-0.25, -0.2) is 17.5 Å². The van der Waals surface area contributed by atoms with Gasteiger partial charge in [0.15, 0.2) is 0 Å². The second kappa shape index (κ2) is 19.1.